The van der Waals surface area contributed by atoms with Gasteiger partial charge < -0.3 is 0 Å². The number of aromatic nitrogens is 4. The van der Waals surface area contributed by atoms with Crippen LogP contribution in [0.3, 0.4) is 0 Å². The van der Waals surface area contributed by atoms with Crippen LogP contribution in [0.25, 0.3) is 33.2 Å². The first-order valence-corrected chi connectivity index (χ1v) is 15.5. The van der Waals surface area contributed by atoms with E-state index in [9.17, 15) is 16.8 Å². The van der Waals surface area contributed by atoms with Crippen LogP contribution >= 0.6 is 15.9 Å². The summed E-state index contributed by atoms with van der Waals surface area (Å²) in [7, 11) is -7.79. The molecule has 0 aliphatic heterocycles. The maximum absolute atomic E-state index is 13.6. The first-order valence-electron chi connectivity index (χ1n) is 11.8. The summed E-state index contributed by atoms with van der Waals surface area (Å²) in [4.78, 5) is 9.21. The Morgan fingerprint density at radius 1 is 0.692 bits per heavy atom. The Bertz CT molecular complexity index is 2120. The van der Waals surface area contributed by atoms with E-state index in [1.807, 2.05) is 13.8 Å². The van der Waals surface area contributed by atoms with Crippen molar-refractivity contribution < 1.29 is 16.8 Å². The molecule has 4 heterocycles. The summed E-state index contributed by atoms with van der Waals surface area (Å²) >= 11 is 3.44. The first-order chi connectivity index (χ1) is 18.6. The van der Waals surface area contributed by atoms with Crippen LogP contribution in [0.2, 0.25) is 0 Å². The first kappa shape index (κ1) is 25.5. The molecule has 0 bridgehead atoms. The van der Waals surface area contributed by atoms with Crippen LogP contribution in [-0.4, -0.2) is 34.7 Å². The normalized spacial score (nSPS) is 12.4. The quantitative estimate of drug-likeness (QED) is 0.237. The zero-order chi connectivity index (χ0) is 27.5. The molecule has 11 heteroatoms. The third kappa shape index (κ3) is 4.26. The van der Waals surface area contributed by atoms with E-state index in [1.54, 1.807) is 79.1 Å². The number of benzene rings is 2. The van der Waals surface area contributed by atoms with Gasteiger partial charge in [-0.15, -0.1) is 0 Å². The van der Waals surface area contributed by atoms with Gasteiger partial charge in [0.1, 0.15) is 0 Å². The van der Waals surface area contributed by atoms with E-state index in [2.05, 4.69) is 25.9 Å². The topological polar surface area (TPSA) is 104 Å². The van der Waals surface area contributed by atoms with Crippen molar-refractivity contribution in [1.82, 2.24) is 17.9 Å². The minimum atomic E-state index is -3.94. The molecule has 0 saturated carbocycles. The van der Waals surface area contributed by atoms with E-state index in [-0.39, 0.29) is 21.1 Å². The van der Waals surface area contributed by atoms with E-state index < -0.39 is 20.0 Å². The fourth-order valence-electron chi connectivity index (χ4n) is 4.46. The number of halogens is 1. The molecule has 0 fully saturated rings. The second-order valence-electron chi connectivity index (χ2n) is 9.25. The second kappa shape index (κ2) is 9.15. The second-order valence-corrected chi connectivity index (χ2v) is 13.8. The van der Waals surface area contributed by atoms with Crippen LogP contribution in [0.4, 0.5) is 0 Å². The van der Waals surface area contributed by atoms with Gasteiger partial charge in [0.25, 0.3) is 20.0 Å². The molecule has 39 heavy (non-hydrogen) atoms. The van der Waals surface area contributed by atoms with Gasteiger partial charge in [0.05, 0.1) is 9.79 Å². The van der Waals surface area contributed by atoms with Gasteiger partial charge in [-0.3, -0.25) is 0 Å². The Balaban J connectivity index is 1.50. The molecule has 0 unspecified atom stereocenters. The summed E-state index contributed by atoms with van der Waals surface area (Å²) in [5, 5.41) is 1.20. The number of rotatable bonds is 5. The van der Waals surface area contributed by atoms with E-state index in [0.29, 0.717) is 26.4 Å². The van der Waals surface area contributed by atoms with Gasteiger partial charge >= 0.3 is 0 Å². The molecule has 196 valence electrons. The van der Waals surface area contributed by atoms with Gasteiger partial charge in [-0.2, -0.15) is 0 Å². The predicted molar refractivity (Wildman–Crippen MR) is 154 cm³/mol. The van der Waals surface area contributed by atoms with E-state index in [1.165, 1.54) is 16.4 Å². The van der Waals surface area contributed by atoms with Crippen molar-refractivity contribution in [2.75, 3.05) is 0 Å². The van der Waals surface area contributed by atoms with Crippen LogP contribution in [-0.2, 0) is 20.0 Å². The Kier molecular flexibility index (Phi) is 5.97. The molecule has 8 nitrogen and oxygen atoms in total. The van der Waals surface area contributed by atoms with Crippen molar-refractivity contribution in [1.29, 1.82) is 0 Å². The van der Waals surface area contributed by atoms with Crippen molar-refractivity contribution in [3.05, 3.63) is 107 Å². The van der Waals surface area contributed by atoms with Crippen LogP contribution in [0, 0.1) is 13.8 Å². The standard InChI is InChI=1S/C28H21BrN4O4S2/c1-18-3-7-23(8-4-18)38(34,35)32-12-11-20-13-21(15-30-27(20)32)26-17-33(28-25(26)14-22(29)16-31-28)39(36,37)24-9-5-19(2)6-10-24/h3-17H,1-2H3. The Morgan fingerprint density at radius 3 is 1.87 bits per heavy atom. The summed E-state index contributed by atoms with van der Waals surface area (Å²) in [6.07, 6.45) is 6.09. The third-order valence-corrected chi connectivity index (χ3v) is 10.3. The predicted octanol–water partition coefficient (Wildman–Crippen LogP) is 5.91. The molecule has 4 aromatic heterocycles. The number of pyridine rings is 2. The number of fused-ring (bicyclic) bond motifs is 2. The van der Waals surface area contributed by atoms with Crippen molar-refractivity contribution in [3.8, 4) is 11.1 Å². The summed E-state index contributed by atoms with van der Waals surface area (Å²) in [5.41, 5.74) is 3.67. The van der Waals surface area contributed by atoms with Crippen LogP contribution < -0.4 is 0 Å². The number of nitrogens with zero attached hydrogens (tertiary/aromatic N) is 4. The summed E-state index contributed by atoms with van der Waals surface area (Å²) in [6, 6.07) is 18.5. The maximum Gasteiger partial charge on any atom is 0.269 e. The summed E-state index contributed by atoms with van der Waals surface area (Å²) in [6.45, 7) is 3.78. The Labute approximate surface area is 233 Å². The zero-order valence-electron chi connectivity index (χ0n) is 20.8. The molecule has 2 aromatic carbocycles. The molecule has 0 N–H and O–H groups in total. The molecule has 0 aliphatic carbocycles. The largest absolute Gasteiger partial charge is 0.269 e. The number of aryl methyl sites for hydroxylation is 2. The van der Waals surface area contributed by atoms with Gasteiger partial charge in [-0.05, 0) is 72.2 Å². The lowest BCUT2D eigenvalue weighted by molar-refractivity contribution is 0.587. The van der Waals surface area contributed by atoms with E-state index in [0.717, 1.165) is 15.1 Å². The lowest BCUT2D eigenvalue weighted by Crippen LogP contribution is -2.12. The molecule has 0 amide bonds. The smallest absolute Gasteiger partial charge is 0.237 e. The van der Waals surface area contributed by atoms with Gasteiger partial charge in [0.2, 0.25) is 0 Å². The minimum Gasteiger partial charge on any atom is -0.237 e. The van der Waals surface area contributed by atoms with Crippen LogP contribution in [0.1, 0.15) is 11.1 Å². The fourth-order valence-corrected chi connectivity index (χ4v) is 7.42. The van der Waals surface area contributed by atoms with Crippen LogP contribution in [0.5, 0.6) is 0 Å². The molecule has 6 aromatic rings. The Morgan fingerprint density at radius 2 is 1.26 bits per heavy atom. The van der Waals surface area contributed by atoms with E-state index in [4.69, 9.17) is 0 Å². The molecule has 0 radical (unpaired) electrons. The van der Waals surface area contributed by atoms with Gasteiger partial charge in [-0.25, -0.2) is 34.7 Å². The molecular formula is C28H21BrN4O4S2. The highest BCUT2D eigenvalue weighted by Crippen LogP contribution is 2.35. The number of hydrogen-bond acceptors (Lipinski definition) is 6. The van der Waals surface area contributed by atoms with Gasteiger partial charge in [0.15, 0.2) is 11.3 Å². The molecule has 0 aliphatic rings. The molecule has 6 rings (SSSR count). The Hall–Kier alpha value is -3.80. The molecule has 0 atom stereocenters. The van der Waals surface area contributed by atoms with E-state index >= 15 is 0 Å². The van der Waals surface area contributed by atoms with Crippen LogP contribution in [0.15, 0.2) is 106 Å². The lowest BCUT2D eigenvalue weighted by atomic mass is 10.1. The van der Waals surface area contributed by atoms with Gasteiger partial charge in [-0.1, -0.05) is 35.4 Å². The minimum absolute atomic E-state index is 0.147. The monoisotopic (exact) mass is 620 g/mol. The molecular weight excluding hydrogens is 600 g/mol. The van der Waals surface area contributed by atoms with Crippen molar-refractivity contribution in [2.24, 2.45) is 0 Å². The highest BCUT2D eigenvalue weighted by Gasteiger charge is 2.24. The molecule has 0 saturated heterocycles. The number of hydrogen-bond donors (Lipinski definition) is 0. The van der Waals surface area contributed by atoms with Gasteiger partial charge in [0, 0.05) is 51.2 Å². The fraction of sp³-hybridized carbons (Fsp3) is 0.0714. The van der Waals surface area contributed by atoms with Crippen molar-refractivity contribution in [2.45, 2.75) is 23.6 Å². The maximum atomic E-state index is 13.6. The van der Waals surface area contributed by atoms with Crippen molar-refractivity contribution >= 4 is 58.0 Å². The highest BCUT2D eigenvalue weighted by molar-refractivity contribution is 9.10. The summed E-state index contributed by atoms with van der Waals surface area (Å²) < 4.78 is 56.8. The lowest BCUT2D eigenvalue weighted by Gasteiger charge is -2.08. The average molecular weight is 622 g/mol. The summed E-state index contributed by atoms with van der Waals surface area (Å²) in [5.74, 6) is 0. The third-order valence-electron chi connectivity index (χ3n) is 6.54. The average Bonchev–Trinajstić information content (AvgIpc) is 3.51. The highest BCUT2D eigenvalue weighted by atomic mass is 79.9. The zero-order valence-corrected chi connectivity index (χ0v) is 24.0. The van der Waals surface area contributed by atoms with Crippen molar-refractivity contribution in [3.63, 3.8) is 0 Å². The molecule has 0 spiro atoms. The SMILES string of the molecule is Cc1ccc(S(=O)(=O)n2ccc3cc(-c4cn(S(=O)(=O)c5ccc(C)cc5)c5ncc(Br)cc45)cnc32)cc1.